The number of carbonyl (C=O) groups is 2. The highest BCUT2D eigenvalue weighted by Gasteiger charge is 2.37. The predicted molar refractivity (Wildman–Crippen MR) is 83.2 cm³/mol. The summed E-state index contributed by atoms with van der Waals surface area (Å²) in [5, 5.41) is 4.47. The lowest BCUT2D eigenvalue weighted by molar-refractivity contribution is -0.134. The number of carbonyl (C=O) groups excluding carboxylic acids is 2. The van der Waals surface area contributed by atoms with Gasteiger partial charge in [-0.2, -0.15) is 0 Å². The maximum atomic E-state index is 12.3. The second-order valence-corrected chi connectivity index (χ2v) is 6.75. The van der Waals surface area contributed by atoms with Crippen molar-refractivity contribution in [2.45, 2.75) is 25.4 Å². The van der Waals surface area contributed by atoms with Crippen LogP contribution in [0.2, 0.25) is 0 Å². The number of amides is 3. The van der Waals surface area contributed by atoms with Crippen LogP contribution in [0.25, 0.3) is 0 Å². The van der Waals surface area contributed by atoms with Crippen LogP contribution in [0.15, 0.2) is 10.9 Å². The number of aromatic nitrogens is 1. The highest BCUT2D eigenvalue weighted by Crippen LogP contribution is 2.28. The molecule has 3 aliphatic rings. The van der Waals surface area contributed by atoms with Crippen molar-refractivity contribution in [3.8, 4) is 0 Å². The molecular weight excluding hydrogens is 302 g/mol. The predicted octanol–water partition coefficient (Wildman–Crippen LogP) is 0.234. The molecule has 120 valence electrons. The maximum absolute atomic E-state index is 12.3. The first kappa shape index (κ1) is 15.2. The second kappa shape index (κ2) is 6.62. The number of nitrogens with one attached hydrogen (secondary N) is 1. The molecule has 2 bridgehead atoms. The highest BCUT2D eigenvalue weighted by atomic mass is 32.1. The van der Waals surface area contributed by atoms with Gasteiger partial charge in [-0.1, -0.05) is 0 Å². The molecule has 0 aliphatic carbocycles. The van der Waals surface area contributed by atoms with Crippen molar-refractivity contribution >= 4 is 23.3 Å². The van der Waals surface area contributed by atoms with E-state index in [1.165, 1.54) is 0 Å². The summed E-state index contributed by atoms with van der Waals surface area (Å²) >= 11 is 1.61. The van der Waals surface area contributed by atoms with E-state index in [-0.39, 0.29) is 18.5 Å². The number of urea groups is 1. The van der Waals surface area contributed by atoms with Crippen molar-refractivity contribution < 1.29 is 9.59 Å². The number of rotatable bonds is 4. The summed E-state index contributed by atoms with van der Waals surface area (Å²) in [6.45, 7) is 3.48. The van der Waals surface area contributed by atoms with Gasteiger partial charge in [0.05, 0.1) is 17.7 Å². The summed E-state index contributed by atoms with van der Waals surface area (Å²) in [5.41, 5.74) is 7.99. The van der Waals surface area contributed by atoms with Crippen LogP contribution >= 0.6 is 11.3 Å². The van der Waals surface area contributed by atoms with Gasteiger partial charge in [0, 0.05) is 37.6 Å². The van der Waals surface area contributed by atoms with E-state index in [0.717, 1.165) is 44.7 Å². The number of nitrogens with two attached hydrogens (primary N) is 1. The van der Waals surface area contributed by atoms with E-state index >= 15 is 0 Å². The van der Waals surface area contributed by atoms with Gasteiger partial charge in [0.25, 0.3) is 0 Å². The average molecular weight is 323 g/mol. The van der Waals surface area contributed by atoms with E-state index in [9.17, 15) is 9.59 Å². The average Bonchev–Trinajstić information content (AvgIpc) is 2.84. The van der Waals surface area contributed by atoms with Gasteiger partial charge in [-0.3, -0.25) is 9.69 Å². The smallest absolute Gasteiger partial charge is 0.312 e. The lowest BCUT2D eigenvalue weighted by Crippen LogP contribution is -2.51. The number of hydrogen-bond acceptors (Lipinski definition) is 5. The van der Waals surface area contributed by atoms with Crippen LogP contribution in [0.1, 0.15) is 18.5 Å². The Morgan fingerprint density at radius 1 is 1.36 bits per heavy atom. The molecule has 8 heteroatoms. The first-order chi connectivity index (χ1) is 10.6. The molecule has 0 unspecified atom stereocenters. The Kier molecular flexibility index (Phi) is 4.58. The van der Waals surface area contributed by atoms with E-state index in [0.29, 0.717) is 5.92 Å². The molecule has 3 saturated heterocycles. The van der Waals surface area contributed by atoms with Crippen LogP contribution in [0.5, 0.6) is 0 Å². The molecule has 4 rings (SSSR count). The quantitative estimate of drug-likeness (QED) is 0.830. The molecule has 3 amide bonds. The lowest BCUT2D eigenvalue weighted by Gasteiger charge is -2.36. The van der Waals surface area contributed by atoms with Gasteiger partial charge < -0.3 is 16.0 Å². The third kappa shape index (κ3) is 3.56. The molecule has 4 heterocycles. The minimum atomic E-state index is -0.654. The summed E-state index contributed by atoms with van der Waals surface area (Å²) < 4.78 is 0. The van der Waals surface area contributed by atoms with Crippen LogP contribution in [0, 0.1) is 5.92 Å². The Balaban J connectivity index is 1.62. The fourth-order valence-corrected chi connectivity index (χ4v) is 3.97. The van der Waals surface area contributed by atoms with Crippen molar-refractivity contribution in [2.24, 2.45) is 11.7 Å². The highest BCUT2D eigenvalue weighted by molar-refractivity contribution is 7.07. The molecule has 3 N–H and O–H groups in total. The topological polar surface area (TPSA) is 91.6 Å². The van der Waals surface area contributed by atoms with Crippen molar-refractivity contribution in [3.05, 3.63) is 16.6 Å². The van der Waals surface area contributed by atoms with Crippen LogP contribution in [-0.4, -0.2) is 58.9 Å². The van der Waals surface area contributed by atoms with Gasteiger partial charge in [-0.15, -0.1) is 11.3 Å². The van der Waals surface area contributed by atoms with Crippen LogP contribution < -0.4 is 11.1 Å². The maximum Gasteiger partial charge on any atom is 0.312 e. The molecule has 2 atom stereocenters. The summed E-state index contributed by atoms with van der Waals surface area (Å²) in [4.78, 5) is 31.7. The number of primary amides is 1. The summed E-state index contributed by atoms with van der Waals surface area (Å²) in [5.74, 6) is 0.457. The Morgan fingerprint density at radius 2 is 2.23 bits per heavy atom. The minimum absolute atomic E-state index is 0.00929. The fraction of sp³-hybridized carbons (Fsp3) is 0.643. The Hall–Kier alpha value is -1.67. The van der Waals surface area contributed by atoms with Crippen molar-refractivity contribution in [1.82, 2.24) is 20.1 Å². The molecule has 22 heavy (non-hydrogen) atoms. The van der Waals surface area contributed by atoms with E-state index in [4.69, 9.17) is 5.73 Å². The van der Waals surface area contributed by atoms with Crippen molar-refractivity contribution in [1.29, 1.82) is 0 Å². The van der Waals surface area contributed by atoms with Gasteiger partial charge in [0.2, 0.25) is 5.91 Å². The zero-order valence-corrected chi connectivity index (χ0v) is 13.2. The van der Waals surface area contributed by atoms with Crippen molar-refractivity contribution in [3.63, 3.8) is 0 Å². The van der Waals surface area contributed by atoms with E-state index < -0.39 is 6.03 Å². The zero-order valence-electron chi connectivity index (χ0n) is 12.4. The number of fused-ring (bicyclic) bond motifs is 4. The molecule has 0 spiro atoms. The Morgan fingerprint density at radius 3 is 2.95 bits per heavy atom. The monoisotopic (exact) mass is 323 g/mol. The largest absolute Gasteiger partial charge is 0.352 e. The number of nitrogens with zero attached hydrogens (tertiary/aromatic N) is 3. The zero-order chi connectivity index (χ0) is 15.5. The SMILES string of the molecule is NC(=O)NCC(=O)N1C[C@H]2CC[C@@H]1CN(Cc1cscn1)C2. The molecule has 1 aromatic heterocycles. The molecule has 3 fully saturated rings. The van der Waals surface area contributed by atoms with Gasteiger partial charge in [-0.05, 0) is 18.8 Å². The normalized spacial score (nSPS) is 25.0. The van der Waals surface area contributed by atoms with Gasteiger partial charge in [0.15, 0.2) is 0 Å². The third-order valence-electron chi connectivity index (χ3n) is 4.39. The Labute approximate surface area is 133 Å². The van der Waals surface area contributed by atoms with Gasteiger partial charge in [-0.25, -0.2) is 9.78 Å². The first-order valence-corrected chi connectivity index (χ1v) is 8.48. The van der Waals surface area contributed by atoms with Crippen molar-refractivity contribution in [2.75, 3.05) is 26.2 Å². The Bertz CT molecular complexity index is 535. The standard InChI is InChI=1S/C14H21N5O2S/c15-14(21)16-3-13(20)19-5-10-1-2-12(19)7-18(4-10)6-11-8-22-9-17-11/h8-10,12H,1-7H2,(H3,15,16,21)/t10-,12+/m0/s1. The van der Waals surface area contributed by atoms with Crippen LogP contribution in [0.3, 0.4) is 0 Å². The third-order valence-corrected chi connectivity index (χ3v) is 5.03. The minimum Gasteiger partial charge on any atom is -0.352 e. The number of piperidine rings is 1. The van der Waals surface area contributed by atoms with Gasteiger partial charge >= 0.3 is 6.03 Å². The molecule has 7 nitrogen and oxygen atoms in total. The summed E-state index contributed by atoms with van der Waals surface area (Å²) in [6, 6.07) is -0.432. The molecule has 0 saturated carbocycles. The molecule has 0 aromatic carbocycles. The fourth-order valence-electron chi connectivity index (χ4n) is 3.42. The number of hydrogen-bond donors (Lipinski definition) is 2. The molecular formula is C14H21N5O2S. The van der Waals surface area contributed by atoms with E-state index in [1.54, 1.807) is 11.3 Å². The van der Waals surface area contributed by atoms with Gasteiger partial charge in [0.1, 0.15) is 0 Å². The summed E-state index contributed by atoms with van der Waals surface area (Å²) in [7, 11) is 0. The molecule has 1 aromatic rings. The molecule has 0 radical (unpaired) electrons. The van der Waals surface area contributed by atoms with E-state index in [1.807, 2.05) is 10.4 Å². The van der Waals surface area contributed by atoms with Crippen LogP contribution in [0.4, 0.5) is 4.79 Å². The molecule has 3 aliphatic heterocycles. The second-order valence-electron chi connectivity index (χ2n) is 6.03. The first-order valence-electron chi connectivity index (χ1n) is 7.54. The lowest BCUT2D eigenvalue weighted by atomic mass is 9.95. The summed E-state index contributed by atoms with van der Waals surface area (Å²) in [6.07, 6.45) is 2.19. The van der Waals surface area contributed by atoms with Crippen LogP contribution in [-0.2, 0) is 11.3 Å². The number of thiazole rings is 1. The van der Waals surface area contributed by atoms with E-state index in [2.05, 4.69) is 20.6 Å².